The molecule has 0 bridgehead atoms. The molecule has 0 aromatic rings. The Morgan fingerprint density at radius 2 is 1.35 bits per heavy atom. The van der Waals surface area contributed by atoms with E-state index in [0.717, 1.165) is 44.4 Å². The van der Waals surface area contributed by atoms with Crippen LogP contribution in [0.25, 0.3) is 0 Å². The van der Waals surface area contributed by atoms with Gasteiger partial charge in [-0.25, -0.2) is 0 Å². The fourth-order valence-electron chi connectivity index (χ4n) is 9.56. The van der Waals surface area contributed by atoms with Crippen LogP contribution in [-0.4, -0.2) is 17.9 Å². The number of rotatable bonds is 17. The quantitative estimate of drug-likeness (QED) is 0.133. The maximum Gasteiger partial charge on any atom is 0.306 e. The molecule has 4 rings (SSSR count). The Bertz CT molecular complexity index is 844. The van der Waals surface area contributed by atoms with Gasteiger partial charge in [0.15, 0.2) is 5.78 Å². The molecule has 0 spiro atoms. The Morgan fingerprint density at radius 1 is 0.750 bits per heavy atom. The molecule has 4 aliphatic rings. The summed E-state index contributed by atoms with van der Waals surface area (Å²) in [5, 5.41) is 0. The third-order valence-corrected chi connectivity index (χ3v) is 12.1. The van der Waals surface area contributed by atoms with Crippen LogP contribution in [0.4, 0.5) is 0 Å². The van der Waals surface area contributed by atoms with Gasteiger partial charge < -0.3 is 4.74 Å². The first-order valence-corrected chi connectivity index (χ1v) is 17.8. The van der Waals surface area contributed by atoms with Gasteiger partial charge >= 0.3 is 5.97 Å². The zero-order chi connectivity index (χ0) is 28.4. The van der Waals surface area contributed by atoms with Crippen molar-refractivity contribution in [3.8, 4) is 0 Å². The second-order valence-corrected chi connectivity index (χ2v) is 14.8. The van der Waals surface area contributed by atoms with Crippen molar-refractivity contribution >= 4 is 11.8 Å². The monoisotopic (exact) mass is 554 g/mol. The van der Waals surface area contributed by atoms with Gasteiger partial charge in [0.05, 0.1) is 0 Å². The summed E-state index contributed by atoms with van der Waals surface area (Å²) in [6, 6.07) is 0. The highest BCUT2D eigenvalue weighted by Gasteiger charge is 2.59. The van der Waals surface area contributed by atoms with Crippen molar-refractivity contribution in [2.75, 3.05) is 0 Å². The summed E-state index contributed by atoms with van der Waals surface area (Å²) in [5.41, 5.74) is 1.81. The number of fused-ring (bicyclic) bond motifs is 5. The van der Waals surface area contributed by atoms with Crippen LogP contribution in [0.2, 0.25) is 0 Å². The van der Waals surface area contributed by atoms with E-state index in [9.17, 15) is 9.59 Å². The van der Waals surface area contributed by atoms with Crippen molar-refractivity contribution in [3.05, 3.63) is 11.6 Å². The second kappa shape index (κ2) is 15.4. The van der Waals surface area contributed by atoms with Crippen molar-refractivity contribution < 1.29 is 14.3 Å². The molecule has 3 nitrogen and oxygen atoms in total. The lowest BCUT2D eigenvalue weighted by Crippen LogP contribution is -2.51. The number of allylic oxidation sites excluding steroid dienone is 1. The third kappa shape index (κ3) is 7.83. The van der Waals surface area contributed by atoms with E-state index in [4.69, 9.17) is 4.74 Å². The molecule has 0 aliphatic heterocycles. The van der Waals surface area contributed by atoms with Crippen LogP contribution in [0.5, 0.6) is 0 Å². The van der Waals surface area contributed by atoms with Gasteiger partial charge in [0, 0.05) is 18.3 Å². The molecule has 0 saturated heterocycles. The number of esters is 1. The number of hydrogen-bond donors (Lipinski definition) is 0. The van der Waals surface area contributed by atoms with Crippen LogP contribution in [-0.2, 0) is 14.3 Å². The molecule has 0 heterocycles. The first kappa shape index (κ1) is 31.8. The summed E-state index contributed by atoms with van der Waals surface area (Å²) in [4.78, 5) is 24.9. The average molecular weight is 555 g/mol. The summed E-state index contributed by atoms with van der Waals surface area (Å²) in [6.45, 7) is 7.18. The maximum absolute atomic E-state index is 12.8. The first-order valence-electron chi connectivity index (χ1n) is 17.8. The van der Waals surface area contributed by atoms with Crippen LogP contribution in [0, 0.1) is 28.6 Å². The van der Waals surface area contributed by atoms with Gasteiger partial charge in [0.1, 0.15) is 6.10 Å². The van der Waals surface area contributed by atoms with E-state index >= 15 is 0 Å². The molecule has 3 saturated carbocycles. The minimum atomic E-state index is 0.0512. The second-order valence-electron chi connectivity index (χ2n) is 14.8. The molecule has 6 atom stereocenters. The molecule has 4 aliphatic carbocycles. The summed E-state index contributed by atoms with van der Waals surface area (Å²) in [5.74, 6) is 2.50. The van der Waals surface area contributed by atoms with Gasteiger partial charge in [-0.2, -0.15) is 0 Å². The van der Waals surface area contributed by atoms with Crippen LogP contribution >= 0.6 is 0 Å². The van der Waals surface area contributed by atoms with Gasteiger partial charge in [-0.05, 0) is 80.6 Å². The standard InChI is InChI=1S/C37H62O3/c1-4-5-6-7-8-9-10-11-12-13-14-15-16-17-18-19-35(39)40-34-23-22-32-31-21-20-29-28-30(38)24-26-36(29,2)33(31)25-27-37(32,34)3/h28,31-34H,4-27H2,1-3H3/t31-,32-,33-,34-,36-,37-/m0/s1. The van der Waals surface area contributed by atoms with E-state index < -0.39 is 0 Å². The Kier molecular flexibility index (Phi) is 12.2. The van der Waals surface area contributed by atoms with Crippen molar-refractivity contribution in [1.29, 1.82) is 0 Å². The zero-order valence-corrected chi connectivity index (χ0v) is 26.6. The molecule has 3 heteroatoms. The van der Waals surface area contributed by atoms with Crippen LogP contribution in [0.3, 0.4) is 0 Å². The van der Waals surface area contributed by atoms with E-state index in [0.29, 0.717) is 24.0 Å². The van der Waals surface area contributed by atoms with E-state index in [2.05, 4.69) is 20.8 Å². The molecule has 0 amide bonds. The number of unbranched alkanes of at least 4 members (excludes halogenated alkanes) is 14. The van der Waals surface area contributed by atoms with Gasteiger partial charge in [0.25, 0.3) is 0 Å². The third-order valence-electron chi connectivity index (χ3n) is 12.1. The largest absolute Gasteiger partial charge is 0.462 e. The molecule has 0 aromatic carbocycles. The van der Waals surface area contributed by atoms with Gasteiger partial charge in [-0.1, -0.05) is 116 Å². The van der Waals surface area contributed by atoms with Crippen LogP contribution in [0.1, 0.15) is 175 Å². The van der Waals surface area contributed by atoms with Gasteiger partial charge in [-0.15, -0.1) is 0 Å². The highest BCUT2D eigenvalue weighted by Crippen LogP contribution is 2.65. The number of ketones is 1. The Hall–Kier alpha value is -1.12. The fraction of sp³-hybridized carbons (Fsp3) is 0.892. The Balaban J connectivity index is 1.07. The number of hydrogen-bond acceptors (Lipinski definition) is 3. The molecule has 40 heavy (non-hydrogen) atoms. The number of carbonyl (C=O) groups excluding carboxylic acids is 2. The summed E-state index contributed by atoms with van der Waals surface area (Å²) < 4.78 is 6.23. The zero-order valence-electron chi connectivity index (χ0n) is 26.6. The lowest BCUT2D eigenvalue weighted by atomic mass is 9.47. The van der Waals surface area contributed by atoms with E-state index in [1.807, 2.05) is 6.08 Å². The molecular weight excluding hydrogens is 492 g/mol. The normalized spacial score (nSPS) is 33.2. The molecule has 228 valence electrons. The highest BCUT2D eigenvalue weighted by atomic mass is 16.5. The minimum absolute atomic E-state index is 0.0512. The van der Waals surface area contributed by atoms with E-state index in [-0.39, 0.29) is 22.9 Å². The van der Waals surface area contributed by atoms with E-state index in [1.54, 1.807) is 0 Å². The lowest BCUT2D eigenvalue weighted by Gasteiger charge is -2.57. The maximum atomic E-state index is 12.8. The topological polar surface area (TPSA) is 43.4 Å². The molecule has 0 radical (unpaired) electrons. The molecule has 0 aromatic heterocycles. The summed E-state index contributed by atoms with van der Waals surface area (Å²) >= 11 is 0. The summed E-state index contributed by atoms with van der Waals surface area (Å²) in [7, 11) is 0. The molecular formula is C37H62O3. The van der Waals surface area contributed by atoms with Gasteiger partial charge in [-0.3, -0.25) is 9.59 Å². The van der Waals surface area contributed by atoms with Crippen LogP contribution in [0.15, 0.2) is 11.6 Å². The van der Waals surface area contributed by atoms with Crippen molar-refractivity contribution in [1.82, 2.24) is 0 Å². The van der Waals surface area contributed by atoms with Crippen LogP contribution < -0.4 is 0 Å². The fourth-order valence-corrected chi connectivity index (χ4v) is 9.56. The molecule has 0 unspecified atom stereocenters. The molecule has 0 N–H and O–H groups in total. The average Bonchev–Trinajstić information content (AvgIpc) is 3.27. The lowest BCUT2D eigenvalue weighted by molar-refractivity contribution is -0.160. The first-order chi connectivity index (χ1) is 19.4. The predicted molar refractivity (Wildman–Crippen MR) is 166 cm³/mol. The van der Waals surface area contributed by atoms with Crippen molar-refractivity contribution in [2.24, 2.45) is 28.6 Å². The Morgan fingerprint density at radius 3 is 1.98 bits per heavy atom. The van der Waals surface area contributed by atoms with Crippen molar-refractivity contribution in [2.45, 2.75) is 181 Å². The van der Waals surface area contributed by atoms with Gasteiger partial charge in [0.2, 0.25) is 0 Å². The Labute approximate surface area is 247 Å². The van der Waals surface area contributed by atoms with E-state index in [1.165, 1.54) is 115 Å². The number of ether oxygens (including phenoxy) is 1. The summed E-state index contributed by atoms with van der Waals surface area (Å²) in [6.07, 6.45) is 31.7. The van der Waals surface area contributed by atoms with Crippen molar-refractivity contribution in [3.63, 3.8) is 0 Å². The number of carbonyl (C=O) groups is 2. The minimum Gasteiger partial charge on any atom is -0.462 e. The highest BCUT2D eigenvalue weighted by molar-refractivity contribution is 5.91. The SMILES string of the molecule is CCCCCCCCCCCCCCCCCC(=O)O[C@H]1CC[C@H]2[C@@H]3CCC4=CC(=O)CC[C@]4(C)[C@H]3CC[C@]12C. The smallest absolute Gasteiger partial charge is 0.306 e. The molecule has 3 fully saturated rings. The predicted octanol–water partition coefficient (Wildman–Crippen LogP) is 10.7.